The molecule has 1 saturated heterocycles. The van der Waals surface area contributed by atoms with E-state index < -0.39 is 74.2 Å². The Morgan fingerprint density at radius 2 is 0.800 bits per heavy atom. The van der Waals surface area contributed by atoms with Gasteiger partial charge in [-0.25, -0.2) is 0 Å². The van der Waals surface area contributed by atoms with Crippen LogP contribution in [-0.2, 0) is 14.3 Å². The molecule has 9 unspecified atom stereocenters. The molecule has 0 aromatic heterocycles. The van der Waals surface area contributed by atoms with Gasteiger partial charge in [0.05, 0.1) is 25.4 Å². The molecule has 0 bridgehead atoms. The standard InChI is InChI=1S/C54H107NO10/c1-3-5-7-9-10-11-12-13-14-15-16-17-18-19-20-21-22-23-24-25-26-27-28-29-30-31-32-33-34-35-36-37-38-40-42-47(58)53(63)55-45(49(59)46(57)41-39-8-6-4-2)44-64-54-52(62)51(61)50(60)48(43-56)65-54/h45-52,54,56-62H,3-44H2,1-2H3,(H,55,63). The van der Waals surface area contributed by atoms with Gasteiger partial charge in [0.15, 0.2) is 6.29 Å². The van der Waals surface area contributed by atoms with E-state index in [1.807, 2.05) is 0 Å². The summed E-state index contributed by atoms with van der Waals surface area (Å²) in [5.41, 5.74) is 0. The monoisotopic (exact) mass is 930 g/mol. The van der Waals surface area contributed by atoms with Crippen LogP contribution >= 0.6 is 0 Å². The van der Waals surface area contributed by atoms with Crippen LogP contribution in [0, 0.1) is 0 Å². The first-order valence-corrected chi connectivity index (χ1v) is 27.9. The molecule has 9 atom stereocenters. The molecule has 0 radical (unpaired) electrons. The highest BCUT2D eigenvalue weighted by molar-refractivity contribution is 5.80. The first-order valence-electron chi connectivity index (χ1n) is 27.9. The van der Waals surface area contributed by atoms with Crippen LogP contribution in [0.15, 0.2) is 0 Å². The molecular weight excluding hydrogens is 823 g/mol. The fourth-order valence-electron chi connectivity index (χ4n) is 9.33. The fourth-order valence-corrected chi connectivity index (χ4v) is 9.33. The molecule has 0 saturated carbocycles. The number of hydrogen-bond acceptors (Lipinski definition) is 10. The maximum atomic E-state index is 13.0. The third-order valence-electron chi connectivity index (χ3n) is 13.9. The van der Waals surface area contributed by atoms with E-state index in [1.165, 1.54) is 193 Å². The lowest BCUT2D eigenvalue weighted by Crippen LogP contribution is -2.60. The Morgan fingerprint density at radius 3 is 1.15 bits per heavy atom. The van der Waals surface area contributed by atoms with Gasteiger partial charge in [0, 0.05) is 0 Å². The van der Waals surface area contributed by atoms with E-state index in [1.54, 1.807) is 0 Å². The van der Waals surface area contributed by atoms with Crippen LogP contribution in [0.4, 0.5) is 0 Å². The van der Waals surface area contributed by atoms with Crippen LogP contribution in [0.25, 0.3) is 0 Å². The number of carbonyl (C=O) groups excluding carboxylic acids is 1. The molecule has 0 spiro atoms. The Morgan fingerprint density at radius 1 is 0.477 bits per heavy atom. The minimum atomic E-state index is -1.65. The zero-order valence-electron chi connectivity index (χ0n) is 42.2. The summed E-state index contributed by atoms with van der Waals surface area (Å²) in [5, 5.41) is 75.0. The Hall–Kier alpha value is -0.890. The van der Waals surface area contributed by atoms with E-state index in [-0.39, 0.29) is 6.42 Å². The number of carbonyl (C=O) groups is 1. The number of ether oxygens (including phenoxy) is 2. The maximum absolute atomic E-state index is 13.0. The number of aliphatic hydroxyl groups excluding tert-OH is 7. The first-order chi connectivity index (χ1) is 31.7. The maximum Gasteiger partial charge on any atom is 0.249 e. The number of amides is 1. The van der Waals surface area contributed by atoms with Gasteiger partial charge in [-0.1, -0.05) is 258 Å². The third kappa shape index (κ3) is 33.3. The van der Waals surface area contributed by atoms with Crippen LogP contribution in [0.5, 0.6) is 0 Å². The highest BCUT2D eigenvalue weighted by Crippen LogP contribution is 2.23. The van der Waals surface area contributed by atoms with Crippen molar-refractivity contribution in [3.63, 3.8) is 0 Å². The fraction of sp³-hybridized carbons (Fsp3) is 0.981. The quantitative estimate of drug-likeness (QED) is 0.0273. The van der Waals surface area contributed by atoms with Gasteiger partial charge >= 0.3 is 0 Å². The van der Waals surface area contributed by atoms with Gasteiger partial charge in [-0.2, -0.15) is 0 Å². The molecule has 0 aromatic rings. The zero-order valence-corrected chi connectivity index (χ0v) is 42.2. The molecule has 388 valence electrons. The molecule has 0 aliphatic carbocycles. The van der Waals surface area contributed by atoms with Crippen molar-refractivity contribution in [3.05, 3.63) is 0 Å². The molecule has 11 nitrogen and oxygen atoms in total. The smallest absolute Gasteiger partial charge is 0.249 e. The lowest BCUT2D eigenvalue weighted by Gasteiger charge is -2.40. The Balaban J connectivity index is 2.02. The normalized spacial score (nSPS) is 20.8. The molecule has 1 amide bonds. The number of unbranched alkanes of at least 4 members (excludes halogenated alkanes) is 36. The molecule has 65 heavy (non-hydrogen) atoms. The minimum Gasteiger partial charge on any atom is -0.394 e. The van der Waals surface area contributed by atoms with Crippen LogP contribution in [0.2, 0.25) is 0 Å². The average molecular weight is 930 g/mol. The molecule has 1 rings (SSSR count). The molecule has 1 heterocycles. The van der Waals surface area contributed by atoms with E-state index in [4.69, 9.17) is 9.47 Å². The predicted molar refractivity (Wildman–Crippen MR) is 266 cm³/mol. The average Bonchev–Trinajstić information content (AvgIpc) is 3.31. The highest BCUT2D eigenvalue weighted by atomic mass is 16.7. The summed E-state index contributed by atoms with van der Waals surface area (Å²) in [6, 6.07) is -1.16. The van der Waals surface area contributed by atoms with Gasteiger partial charge in [0.25, 0.3) is 0 Å². The van der Waals surface area contributed by atoms with Crippen molar-refractivity contribution in [2.75, 3.05) is 13.2 Å². The van der Waals surface area contributed by atoms with E-state index in [9.17, 15) is 40.5 Å². The van der Waals surface area contributed by atoms with Gasteiger partial charge in [-0.3, -0.25) is 4.79 Å². The first kappa shape index (κ1) is 62.1. The van der Waals surface area contributed by atoms with Crippen LogP contribution in [0.1, 0.15) is 271 Å². The van der Waals surface area contributed by atoms with E-state index >= 15 is 0 Å². The minimum absolute atomic E-state index is 0.265. The second-order valence-corrected chi connectivity index (χ2v) is 20.0. The summed E-state index contributed by atoms with van der Waals surface area (Å²) in [5.74, 6) is -0.698. The summed E-state index contributed by atoms with van der Waals surface area (Å²) >= 11 is 0. The molecule has 11 heteroatoms. The van der Waals surface area contributed by atoms with Crippen molar-refractivity contribution in [1.82, 2.24) is 5.32 Å². The number of aliphatic hydroxyl groups is 7. The van der Waals surface area contributed by atoms with Crippen LogP contribution < -0.4 is 5.32 Å². The van der Waals surface area contributed by atoms with Gasteiger partial charge < -0.3 is 50.5 Å². The number of hydrogen-bond donors (Lipinski definition) is 8. The molecule has 0 aromatic carbocycles. The van der Waals surface area contributed by atoms with Crippen LogP contribution in [0.3, 0.4) is 0 Å². The zero-order chi connectivity index (χ0) is 47.6. The second kappa shape index (κ2) is 44.3. The predicted octanol–water partition coefficient (Wildman–Crippen LogP) is 11.0. The van der Waals surface area contributed by atoms with E-state index in [2.05, 4.69) is 19.2 Å². The summed E-state index contributed by atoms with van der Waals surface area (Å²) < 4.78 is 11.0. The van der Waals surface area contributed by atoms with E-state index in [0.29, 0.717) is 19.3 Å². The molecule has 1 aliphatic rings. The van der Waals surface area contributed by atoms with Gasteiger partial charge in [-0.05, 0) is 12.8 Å². The highest BCUT2D eigenvalue weighted by Gasteiger charge is 2.44. The largest absolute Gasteiger partial charge is 0.394 e. The van der Waals surface area contributed by atoms with Gasteiger partial charge in [0.2, 0.25) is 5.91 Å². The molecule has 1 fully saturated rings. The Bertz CT molecular complexity index is 1020. The molecule has 1 aliphatic heterocycles. The van der Waals surface area contributed by atoms with Crippen molar-refractivity contribution >= 4 is 5.91 Å². The summed E-state index contributed by atoms with van der Waals surface area (Å²) in [6.45, 7) is 3.32. The Labute approximate surface area is 399 Å². The number of nitrogens with one attached hydrogen (secondary N) is 1. The topological polar surface area (TPSA) is 189 Å². The summed E-state index contributed by atoms with van der Waals surface area (Å²) in [7, 11) is 0. The van der Waals surface area contributed by atoms with Crippen LogP contribution in [-0.4, -0.2) is 110 Å². The number of rotatable bonds is 48. The third-order valence-corrected chi connectivity index (χ3v) is 13.9. The summed E-state index contributed by atoms with van der Waals surface area (Å²) in [4.78, 5) is 13.0. The summed E-state index contributed by atoms with van der Waals surface area (Å²) in [6.07, 6.45) is 38.7. The lowest BCUT2D eigenvalue weighted by atomic mass is 9.98. The van der Waals surface area contributed by atoms with Gasteiger partial charge in [-0.15, -0.1) is 0 Å². The van der Waals surface area contributed by atoms with E-state index in [0.717, 1.165) is 38.5 Å². The Kier molecular flexibility index (Phi) is 42.4. The van der Waals surface area contributed by atoms with Crippen molar-refractivity contribution in [3.8, 4) is 0 Å². The van der Waals surface area contributed by atoms with Crippen molar-refractivity contribution in [1.29, 1.82) is 0 Å². The van der Waals surface area contributed by atoms with Crippen molar-refractivity contribution < 1.29 is 50.0 Å². The molecular formula is C54H107NO10. The second-order valence-electron chi connectivity index (χ2n) is 20.0. The van der Waals surface area contributed by atoms with Gasteiger partial charge in [0.1, 0.15) is 36.6 Å². The lowest BCUT2D eigenvalue weighted by molar-refractivity contribution is -0.303. The molecule has 8 N–H and O–H groups in total. The van der Waals surface area contributed by atoms with Crippen molar-refractivity contribution in [2.45, 2.75) is 326 Å². The van der Waals surface area contributed by atoms with Crippen molar-refractivity contribution in [2.24, 2.45) is 0 Å². The SMILES string of the molecule is CCCCCCCCCCCCCCCCCCCCCCCCCCCCCCCCCCCCC(O)C(=O)NC(COC1OC(CO)C(O)C(O)C1O)C(O)C(O)CCCCCC.